The number of likely N-dealkylation sites (N-methyl/N-ethyl adjacent to an activating group) is 1. The number of aromatic nitrogens is 1. The summed E-state index contributed by atoms with van der Waals surface area (Å²) in [6.45, 7) is 3.36. The third-order valence-electron chi connectivity index (χ3n) is 10.0. The second kappa shape index (κ2) is 20.3. The Bertz CT molecular complexity index is 1630. The first kappa shape index (κ1) is 42.4. The van der Waals surface area contributed by atoms with Gasteiger partial charge in [0, 0.05) is 58.3 Å². The van der Waals surface area contributed by atoms with Crippen LogP contribution in [0.5, 0.6) is 0 Å². The number of carbonyl (C=O) groups is 5. The van der Waals surface area contributed by atoms with E-state index < -0.39 is 47.5 Å². The van der Waals surface area contributed by atoms with E-state index in [2.05, 4.69) is 10.6 Å². The van der Waals surface area contributed by atoms with Gasteiger partial charge in [0.25, 0.3) is 11.8 Å². The van der Waals surface area contributed by atoms with Crippen molar-refractivity contribution in [2.45, 2.75) is 51.1 Å². The minimum absolute atomic E-state index is 0.0526. The van der Waals surface area contributed by atoms with Crippen LogP contribution in [0.1, 0.15) is 59.9 Å². The van der Waals surface area contributed by atoms with E-state index in [1.165, 1.54) is 30.5 Å². The van der Waals surface area contributed by atoms with Gasteiger partial charge in [-0.05, 0) is 31.7 Å². The van der Waals surface area contributed by atoms with Gasteiger partial charge in [0.15, 0.2) is 11.6 Å². The van der Waals surface area contributed by atoms with Crippen LogP contribution in [0.3, 0.4) is 0 Å². The molecule has 1 aliphatic heterocycles. The van der Waals surface area contributed by atoms with Crippen molar-refractivity contribution in [1.82, 2.24) is 29.9 Å². The molecular weight excluding hydrogens is 714 g/mol. The van der Waals surface area contributed by atoms with Gasteiger partial charge in [0.05, 0.1) is 57.3 Å². The molecule has 54 heavy (non-hydrogen) atoms. The number of aryl methyl sites for hydroxylation is 1. The lowest BCUT2D eigenvalue weighted by molar-refractivity contribution is -0.140. The number of benzene rings is 1. The fourth-order valence-electron chi connectivity index (χ4n) is 6.78. The van der Waals surface area contributed by atoms with Gasteiger partial charge in [-0.25, -0.2) is 13.6 Å². The summed E-state index contributed by atoms with van der Waals surface area (Å²) in [5.74, 6) is -4.59. The van der Waals surface area contributed by atoms with E-state index in [4.69, 9.17) is 19.3 Å². The SMILES string of the molecule is CC(C(=O)NC(C(=O)N1CCN(C(=O)c2c(C(=O)NCCOCCOCCOCCO)c3cc(F)c(F)cc3n2C)CC1)C1CCCCC1)N(C)C(=O)O. The van der Waals surface area contributed by atoms with E-state index in [-0.39, 0.29) is 99.7 Å². The van der Waals surface area contributed by atoms with Crippen LogP contribution in [0.15, 0.2) is 12.1 Å². The molecule has 4 N–H and O–H groups in total. The largest absolute Gasteiger partial charge is 0.465 e. The molecule has 5 amide bonds. The number of hydrogen-bond donors (Lipinski definition) is 4. The number of halogens is 2. The van der Waals surface area contributed by atoms with Crippen molar-refractivity contribution in [2.24, 2.45) is 13.0 Å². The Labute approximate surface area is 312 Å². The maximum absolute atomic E-state index is 14.5. The maximum atomic E-state index is 14.5. The van der Waals surface area contributed by atoms with Gasteiger partial charge >= 0.3 is 6.09 Å². The summed E-state index contributed by atoms with van der Waals surface area (Å²) >= 11 is 0. The van der Waals surface area contributed by atoms with Crippen molar-refractivity contribution in [3.05, 3.63) is 35.0 Å². The molecule has 1 aliphatic carbocycles. The van der Waals surface area contributed by atoms with Crippen LogP contribution < -0.4 is 10.6 Å². The predicted octanol–water partition coefficient (Wildman–Crippen LogP) is 1.58. The quantitative estimate of drug-likeness (QED) is 0.162. The van der Waals surface area contributed by atoms with Crippen LogP contribution in [-0.2, 0) is 30.8 Å². The highest BCUT2D eigenvalue weighted by molar-refractivity contribution is 6.16. The molecule has 18 heteroatoms. The number of carboxylic acid groups (broad SMARTS) is 1. The van der Waals surface area contributed by atoms with Crippen LogP contribution in [0.25, 0.3) is 10.9 Å². The number of nitrogens with one attached hydrogen (secondary N) is 2. The molecule has 1 saturated heterocycles. The second-order valence-corrected chi connectivity index (χ2v) is 13.5. The lowest BCUT2D eigenvalue weighted by Gasteiger charge is -2.39. The monoisotopic (exact) mass is 766 g/mol. The van der Waals surface area contributed by atoms with Gasteiger partial charge in [-0.15, -0.1) is 0 Å². The molecule has 2 aromatic rings. The predicted molar refractivity (Wildman–Crippen MR) is 191 cm³/mol. The first-order valence-corrected chi connectivity index (χ1v) is 18.3. The Morgan fingerprint density at radius 2 is 1.46 bits per heavy atom. The molecular formula is C36H52F2N6O10. The fourth-order valence-corrected chi connectivity index (χ4v) is 6.78. The normalized spacial score (nSPS) is 16.3. The lowest BCUT2D eigenvalue weighted by Crippen LogP contribution is -2.59. The third-order valence-corrected chi connectivity index (χ3v) is 10.0. The Hall–Kier alpha value is -4.39. The maximum Gasteiger partial charge on any atom is 0.407 e. The Morgan fingerprint density at radius 3 is 2.07 bits per heavy atom. The number of aliphatic hydroxyl groups is 1. The van der Waals surface area contributed by atoms with Gasteiger partial charge in [-0.2, -0.15) is 0 Å². The van der Waals surface area contributed by atoms with Crippen LogP contribution in [-0.4, -0.2) is 157 Å². The molecule has 2 fully saturated rings. The van der Waals surface area contributed by atoms with Crippen molar-refractivity contribution in [3.63, 3.8) is 0 Å². The Balaban J connectivity index is 1.43. The molecule has 2 unspecified atom stereocenters. The minimum Gasteiger partial charge on any atom is -0.465 e. The van der Waals surface area contributed by atoms with Crippen LogP contribution in [0.2, 0.25) is 0 Å². The fraction of sp³-hybridized carbons (Fsp3) is 0.639. The standard InChI is InChI=1S/C36H52F2N6O10/c1-23(41(2)36(50)51)32(46)40-30(24-7-5-4-6-8-24)34(48)43-10-12-44(13-11-43)35(49)31-29(25-21-26(37)27(38)22-28(25)42(31)3)33(47)39-9-15-52-17-19-54-20-18-53-16-14-45/h21-24,30,45H,4-20H2,1-3H3,(H,39,47)(H,40,46)(H,50,51). The van der Waals surface area contributed by atoms with Crippen LogP contribution in [0, 0.1) is 17.6 Å². The first-order valence-electron chi connectivity index (χ1n) is 18.3. The van der Waals surface area contributed by atoms with Crippen molar-refractivity contribution in [1.29, 1.82) is 0 Å². The zero-order valence-electron chi connectivity index (χ0n) is 31.1. The molecule has 1 saturated carbocycles. The number of amides is 5. The summed E-state index contributed by atoms with van der Waals surface area (Å²) in [6.07, 6.45) is 3.01. The van der Waals surface area contributed by atoms with Gasteiger partial charge in [0.1, 0.15) is 17.8 Å². The molecule has 2 atom stereocenters. The highest BCUT2D eigenvalue weighted by Crippen LogP contribution is 2.30. The highest BCUT2D eigenvalue weighted by Gasteiger charge is 2.38. The van der Waals surface area contributed by atoms with Gasteiger partial charge in [-0.1, -0.05) is 19.3 Å². The number of fused-ring (bicyclic) bond motifs is 1. The molecule has 0 bridgehead atoms. The van der Waals surface area contributed by atoms with E-state index in [1.807, 2.05) is 0 Å². The zero-order valence-corrected chi connectivity index (χ0v) is 31.1. The molecule has 0 radical (unpaired) electrons. The molecule has 1 aromatic heterocycles. The van der Waals surface area contributed by atoms with Crippen LogP contribution in [0.4, 0.5) is 13.6 Å². The van der Waals surface area contributed by atoms with Crippen molar-refractivity contribution >= 4 is 40.6 Å². The van der Waals surface area contributed by atoms with E-state index in [9.17, 15) is 37.9 Å². The van der Waals surface area contributed by atoms with E-state index in [0.717, 1.165) is 49.1 Å². The number of hydrogen-bond acceptors (Lipinski definition) is 9. The summed E-state index contributed by atoms with van der Waals surface area (Å²) in [4.78, 5) is 70.1. The summed E-state index contributed by atoms with van der Waals surface area (Å²) in [6, 6.07) is -0.0652. The number of nitrogens with zero attached hydrogens (tertiary/aromatic N) is 4. The van der Waals surface area contributed by atoms with Gasteiger partial charge in [-0.3, -0.25) is 24.1 Å². The van der Waals surface area contributed by atoms with Gasteiger partial charge < -0.3 is 49.4 Å². The average Bonchev–Trinajstić information content (AvgIpc) is 3.45. The number of aliphatic hydroxyl groups excluding tert-OH is 1. The van der Waals surface area contributed by atoms with Crippen molar-refractivity contribution in [2.75, 3.05) is 86.0 Å². The molecule has 2 aliphatic rings. The summed E-state index contributed by atoms with van der Waals surface area (Å²) in [7, 11) is 2.77. The first-order chi connectivity index (χ1) is 25.9. The molecule has 0 spiro atoms. The highest BCUT2D eigenvalue weighted by atomic mass is 19.2. The summed E-state index contributed by atoms with van der Waals surface area (Å²) < 4.78 is 46.2. The zero-order chi connectivity index (χ0) is 39.4. The topological polar surface area (TPSA) is 192 Å². The average molecular weight is 767 g/mol. The number of piperazine rings is 1. The van der Waals surface area contributed by atoms with Crippen molar-refractivity contribution < 1.29 is 57.2 Å². The lowest BCUT2D eigenvalue weighted by atomic mass is 9.83. The summed E-state index contributed by atoms with van der Waals surface area (Å²) in [5.41, 5.74) is -0.0584. The third kappa shape index (κ3) is 10.6. The van der Waals surface area contributed by atoms with E-state index in [0.29, 0.717) is 13.2 Å². The Kier molecular flexibility index (Phi) is 15.9. The molecule has 1 aromatic carbocycles. The number of carbonyl (C=O) groups excluding carboxylic acids is 4. The number of ether oxygens (including phenoxy) is 3. The van der Waals surface area contributed by atoms with Crippen LogP contribution >= 0.6 is 0 Å². The van der Waals surface area contributed by atoms with Gasteiger partial charge in [0.2, 0.25) is 11.8 Å². The molecule has 300 valence electrons. The molecule has 16 nitrogen and oxygen atoms in total. The second-order valence-electron chi connectivity index (χ2n) is 13.5. The number of rotatable bonds is 18. The minimum atomic E-state index is -1.27. The smallest absolute Gasteiger partial charge is 0.407 e. The molecule has 2 heterocycles. The van der Waals surface area contributed by atoms with Crippen molar-refractivity contribution in [3.8, 4) is 0 Å². The van der Waals surface area contributed by atoms with E-state index >= 15 is 0 Å². The Morgan fingerprint density at radius 1 is 0.889 bits per heavy atom. The summed E-state index contributed by atoms with van der Waals surface area (Å²) in [5, 5.41) is 23.6. The van der Waals surface area contributed by atoms with E-state index in [1.54, 1.807) is 4.90 Å². The molecule has 4 rings (SSSR count).